The van der Waals surface area contributed by atoms with Gasteiger partial charge in [-0.15, -0.1) is 0 Å². The van der Waals surface area contributed by atoms with Gasteiger partial charge in [-0.1, -0.05) is 18.2 Å². The van der Waals surface area contributed by atoms with E-state index in [9.17, 15) is 0 Å². The highest BCUT2D eigenvalue weighted by molar-refractivity contribution is 5.77. The molecule has 0 radical (unpaired) electrons. The third kappa shape index (κ3) is 3.17. The molecule has 0 aliphatic rings. The van der Waals surface area contributed by atoms with Crippen LogP contribution in [0.15, 0.2) is 48.9 Å². The Labute approximate surface area is 127 Å². The molecule has 6 nitrogen and oxygen atoms in total. The summed E-state index contributed by atoms with van der Waals surface area (Å²) in [6.07, 6.45) is 4.92. The molecule has 0 fully saturated rings. The molecule has 0 aliphatic heterocycles. The van der Waals surface area contributed by atoms with Gasteiger partial charge in [0.15, 0.2) is 5.65 Å². The summed E-state index contributed by atoms with van der Waals surface area (Å²) in [5.41, 5.74) is 3.31. The minimum Gasteiger partial charge on any atom is -0.250 e. The Bertz CT molecular complexity index is 845. The highest BCUT2D eigenvalue weighted by atomic mass is 15.1. The van der Waals surface area contributed by atoms with Crippen LogP contribution in [-0.2, 0) is 0 Å². The molecule has 0 saturated heterocycles. The van der Waals surface area contributed by atoms with Crippen molar-refractivity contribution in [2.75, 3.05) is 0 Å². The Morgan fingerprint density at radius 1 is 0.818 bits per heavy atom. The Balaban J connectivity index is 0.000000131. The molecule has 22 heavy (non-hydrogen) atoms. The second-order valence-electron chi connectivity index (χ2n) is 4.73. The standard InChI is InChI=1S/C9H8N2.C7H6N4/c1-7-6-8-4-2-3-5-9(8)11-10-7;1-5-10-4-6-7(11-5)9-3-2-8-6/h2-6H,1H3;2-4H,1H3. The molecule has 108 valence electrons. The zero-order chi connectivity index (χ0) is 15.4. The molecule has 0 spiro atoms. The molecule has 4 aromatic rings. The van der Waals surface area contributed by atoms with Gasteiger partial charge in [-0.2, -0.15) is 10.2 Å². The van der Waals surface area contributed by atoms with Gasteiger partial charge in [-0.25, -0.2) is 19.9 Å². The van der Waals surface area contributed by atoms with Crippen molar-refractivity contribution < 1.29 is 0 Å². The lowest BCUT2D eigenvalue weighted by atomic mass is 10.2. The van der Waals surface area contributed by atoms with Crippen LogP contribution in [0.25, 0.3) is 22.1 Å². The van der Waals surface area contributed by atoms with Crippen LogP contribution in [0.5, 0.6) is 0 Å². The van der Waals surface area contributed by atoms with Crippen molar-refractivity contribution in [1.29, 1.82) is 0 Å². The molecule has 3 heterocycles. The third-order valence-electron chi connectivity index (χ3n) is 2.96. The maximum absolute atomic E-state index is 4.09. The fourth-order valence-electron chi connectivity index (χ4n) is 1.94. The fourth-order valence-corrected chi connectivity index (χ4v) is 1.94. The summed E-state index contributed by atoms with van der Waals surface area (Å²) in [5.74, 6) is 0.720. The quantitative estimate of drug-likeness (QED) is 0.495. The topological polar surface area (TPSA) is 77.3 Å². The summed E-state index contributed by atoms with van der Waals surface area (Å²) < 4.78 is 0. The predicted octanol–water partition coefficient (Wildman–Crippen LogP) is 2.67. The third-order valence-corrected chi connectivity index (χ3v) is 2.96. The van der Waals surface area contributed by atoms with E-state index < -0.39 is 0 Å². The molecule has 0 atom stereocenters. The van der Waals surface area contributed by atoms with Crippen molar-refractivity contribution in [3.63, 3.8) is 0 Å². The van der Waals surface area contributed by atoms with Crippen LogP contribution in [0.1, 0.15) is 11.5 Å². The smallest absolute Gasteiger partial charge is 0.181 e. The van der Waals surface area contributed by atoms with Crippen molar-refractivity contribution in [1.82, 2.24) is 30.1 Å². The minimum absolute atomic E-state index is 0.653. The van der Waals surface area contributed by atoms with Crippen molar-refractivity contribution >= 4 is 22.1 Å². The van der Waals surface area contributed by atoms with E-state index in [0.29, 0.717) is 5.65 Å². The second kappa shape index (κ2) is 6.17. The van der Waals surface area contributed by atoms with Gasteiger partial charge < -0.3 is 0 Å². The van der Waals surface area contributed by atoms with E-state index in [-0.39, 0.29) is 0 Å². The number of hydrogen-bond acceptors (Lipinski definition) is 6. The van der Waals surface area contributed by atoms with E-state index in [2.05, 4.69) is 30.1 Å². The summed E-state index contributed by atoms with van der Waals surface area (Å²) in [4.78, 5) is 16.1. The molecule has 4 rings (SSSR count). The summed E-state index contributed by atoms with van der Waals surface area (Å²) in [5, 5.41) is 9.14. The zero-order valence-electron chi connectivity index (χ0n) is 12.3. The number of rotatable bonds is 0. The van der Waals surface area contributed by atoms with Crippen LogP contribution in [0.3, 0.4) is 0 Å². The number of aromatic nitrogens is 6. The zero-order valence-corrected chi connectivity index (χ0v) is 12.3. The second-order valence-corrected chi connectivity index (χ2v) is 4.73. The highest BCUT2D eigenvalue weighted by Gasteiger charge is 1.95. The maximum Gasteiger partial charge on any atom is 0.181 e. The van der Waals surface area contributed by atoms with Gasteiger partial charge >= 0.3 is 0 Å². The van der Waals surface area contributed by atoms with Crippen LogP contribution in [0, 0.1) is 13.8 Å². The normalized spacial score (nSPS) is 10.3. The molecule has 0 saturated carbocycles. The van der Waals surface area contributed by atoms with Crippen molar-refractivity contribution in [2.45, 2.75) is 13.8 Å². The van der Waals surface area contributed by atoms with Crippen molar-refractivity contribution in [3.05, 3.63) is 60.4 Å². The average molecular weight is 290 g/mol. The van der Waals surface area contributed by atoms with Gasteiger partial charge in [0.25, 0.3) is 0 Å². The first-order valence-corrected chi connectivity index (χ1v) is 6.82. The fraction of sp³-hybridized carbons (Fsp3) is 0.125. The van der Waals surface area contributed by atoms with E-state index in [1.54, 1.807) is 18.6 Å². The SMILES string of the molecule is Cc1cc2ccccc2nn1.Cc1ncc2nccnc2n1. The van der Waals surface area contributed by atoms with Gasteiger partial charge in [0, 0.05) is 17.8 Å². The molecule has 1 aromatic carbocycles. The Hall–Kier alpha value is -3.02. The molecule has 0 bridgehead atoms. The van der Waals surface area contributed by atoms with Gasteiger partial charge in [-0.3, -0.25) is 0 Å². The van der Waals surface area contributed by atoms with Gasteiger partial charge in [-0.05, 0) is 26.0 Å². The highest BCUT2D eigenvalue weighted by Crippen LogP contribution is 2.09. The molecular weight excluding hydrogens is 276 g/mol. The van der Waals surface area contributed by atoms with Crippen LogP contribution in [0.4, 0.5) is 0 Å². The first-order valence-electron chi connectivity index (χ1n) is 6.82. The van der Waals surface area contributed by atoms with E-state index in [4.69, 9.17) is 0 Å². The number of nitrogens with zero attached hydrogens (tertiary/aromatic N) is 6. The summed E-state index contributed by atoms with van der Waals surface area (Å²) in [7, 11) is 0. The lowest BCUT2D eigenvalue weighted by Crippen LogP contribution is -1.91. The molecule has 0 aliphatic carbocycles. The van der Waals surface area contributed by atoms with E-state index in [1.807, 2.05) is 44.2 Å². The van der Waals surface area contributed by atoms with Gasteiger partial charge in [0.05, 0.1) is 17.4 Å². The summed E-state index contributed by atoms with van der Waals surface area (Å²) in [6, 6.07) is 10.00. The minimum atomic E-state index is 0.653. The largest absolute Gasteiger partial charge is 0.250 e. The summed E-state index contributed by atoms with van der Waals surface area (Å²) in [6.45, 7) is 3.77. The number of hydrogen-bond donors (Lipinski definition) is 0. The predicted molar refractivity (Wildman–Crippen MR) is 84.1 cm³/mol. The van der Waals surface area contributed by atoms with Crippen LogP contribution in [0.2, 0.25) is 0 Å². The number of fused-ring (bicyclic) bond motifs is 2. The van der Waals surface area contributed by atoms with Crippen molar-refractivity contribution in [3.8, 4) is 0 Å². The first-order chi connectivity index (χ1) is 10.7. The Morgan fingerprint density at radius 3 is 2.55 bits per heavy atom. The molecule has 0 amide bonds. The van der Waals surface area contributed by atoms with Crippen LogP contribution < -0.4 is 0 Å². The first kappa shape index (κ1) is 13.9. The lowest BCUT2D eigenvalue weighted by Gasteiger charge is -1.94. The molecule has 3 aromatic heterocycles. The molecule has 0 unspecified atom stereocenters. The van der Waals surface area contributed by atoms with Crippen molar-refractivity contribution in [2.24, 2.45) is 0 Å². The van der Waals surface area contributed by atoms with E-state index in [1.165, 1.54) is 0 Å². The Morgan fingerprint density at radius 2 is 1.64 bits per heavy atom. The van der Waals surface area contributed by atoms with Crippen LogP contribution in [-0.4, -0.2) is 30.1 Å². The molecule has 0 N–H and O–H groups in total. The average Bonchev–Trinajstić information content (AvgIpc) is 2.55. The number of benzene rings is 1. The Kier molecular flexibility index (Phi) is 3.91. The lowest BCUT2D eigenvalue weighted by molar-refractivity contribution is 1.02. The van der Waals surface area contributed by atoms with Gasteiger partial charge in [0.2, 0.25) is 0 Å². The van der Waals surface area contributed by atoms with Gasteiger partial charge in [0.1, 0.15) is 11.3 Å². The molecular formula is C16H14N6. The maximum atomic E-state index is 4.09. The number of aryl methyl sites for hydroxylation is 2. The van der Waals surface area contributed by atoms with E-state index >= 15 is 0 Å². The van der Waals surface area contributed by atoms with Crippen LogP contribution >= 0.6 is 0 Å². The summed E-state index contributed by atoms with van der Waals surface area (Å²) >= 11 is 0. The monoisotopic (exact) mass is 290 g/mol. The van der Waals surface area contributed by atoms with E-state index in [0.717, 1.165) is 27.9 Å². The molecule has 6 heteroatoms.